The minimum Gasteiger partial charge on any atom is -0.453 e. The van der Waals surface area contributed by atoms with E-state index in [9.17, 15) is 9.50 Å². The number of aliphatic hydroxyl groups excluding tert-OH is 1. The summed E-state index contributed by atoms with van der Waals surface area (Å²) < 4.78 is 20.3. The maximum Gasteiger partial charge on any atom is 0.168 e. The lowest BCUT2D eigenvalue weighted by atomic mass is 10.1. The second-order valence-electron chi connectivity index (χ2n) is 3.87. The highest BCUT2D eigenvalue weighted by Crippen LogP contribution is 2.33. The molecule has 0 bridgehead atoms. The first-order valence-corrected chi connectivity index (χ1v) is 6.56. The Kier molecular flexibility index (Phi) is 4.19. The number of hydrogen-bond donors (Lipinski definition) is 1. The van der Waals surface area contributed by atoms with Gasteiger partial charge in [0.25, 0.3) is 0 Å². The highest BCUT2D eigenvalue weighted by atomic mass is 127. The molecule has 1 N–H and O–H groups in total. The molecule has 0 heterocycles. The Labute approximate surface area is 119 Å². The first-order valence-electron chi connectivity index (χ1n) is 5.48. The van der Waals surface area contributed by atoms with Gasteiger partial charge in [-0.1, -0.05) is 24.3 Å². The first kappa shape index (κ1) is 13.3. The predicted octanol–water partition coefficient (Wildman–Crippen LogP) is 4.28. The van der Waals surface area contributed by atoms with Gasteiger partial charge in [-0.2, -0.15) is 0 Å². The van der Waals surface area contributed by atoms with E-state index in [1.807, 2.05) is 18.2 Å². The number of para-hydroxylation sites is 2. The lowest BCUT2D eigenvalue weighted by Crippen LogP contribution is -1.99. The molecule has 2 rings (SSSR count). The third-order valence-corrected chi connectivity index (χ3v) is 3.39. The third kappa shape index (κ3) is 2.81. The van der Waals surface area contributed by atoms with Crippen molar-refractivity contribution >= 4 is 22.6 Å². The number of benzene rings is 2. The number of aliphatic hydroxyl groups is 1. The Morgan fingerprint density at radius 1 is 1.17 bits per heavy atom. The molecule has 0 radical (unpaired) electrons. The molecule has 2 aromatic carbocycles. The van der Waals surface area contributed by atoms with E-state index in [4.69, 9.17) is 4.74 Å². The Hall–Kier alpha value is -1.14. The summed E-state index contributed by atoms with van der Waals surface area (Å²) in [6, 6.07) is 11.9. The van der Waals surface area contributed by atoms with Crippen LogP contribution in [0.2, 0.25) is 0 Å². The first-order chi connectivity index (χ1) is 8.59. The van der Waals surface area contributed by atoms with Gasteiger partial charge < -0.3 is 9.84 Å². The van der Waals surface area contributed by atoms with E-state index in [2.05, 4.69) is 22.6 Å². The molecule has 0 aliphatic carbocycles. The number of halogens is 2. The van der Waals surface area contributed by atoms with E-state index in [0.717, 1.165) is 3.57 Å². The summed E-state index contributed by atoms with van der Waals surface area (Å²) in [4.78, 5) is 0. The molecule has 0 aromatic heterocycles. The third-order valence-electron chi connectivity index (χ3n) is 2.50. The summed E-state index contributed by atoms with van der Waals surface area (Å²) in [5.74, 6) is 0.176. The van der Waals surface area contributed by atoms with Crippen LogP contribution in [0.25, 0.3) is 0 Å². The van der Waals surface area contributed by atoms with Crippen LogP contribution in [-0.2, 0) is 0 Å². The zero-order valence-electron chi connectivity index (χ0n) is 9.73. The van der Waals surface area contributed by atoms with Gasteiger partial charge in [-0.15, -0.1) is 0 Å². The Balaban J connectivity index is 2.43. The fourth-order valence-electron chi connectivity index (χ4n) is 1.60. The average Bonchev–Trinajstić information content (AvgIpc) is 2.34. The monoisotopic (exact) mass is 358 g/mol. The molecule has 18 heavy (non-hydrogen) atoms. The van der Waals surface area contributed by atoms with E-state index in [0.29, 0.717) is 11.3 Å². The molecule has 0 spiro atoms. The second kappa shape index (κ2) is 5.67. The molecule has 2 nitrogen and oxygen atoms in total. The number of ether oxygens (including phenoxy) is 1. The smallest absolute Gasteiger partial charge is 0.168 e. The van der Waals surface area contributed by atoms with Crippen molar-refractivity contribution in [3.8, 4) is 11.5 Å². The lowest BCUT2D eigenvalue weighted by Gasteiger charge is -2.14. The van der Waals surface area contributed by atoms with E-state index < -0.39 is 11.9 Å². The molecule has 1 atom stereocenters. The van der Waals surface area contributed by atoms with Gasteiger partial charge in [0.2, 0.25) is 0 Å². The lowest BCUT2D eigenvalue weighted by molar-refractivity contribution is 0.194. The zero-order valence-corrected chi connectivity index (χ0v) is 11.9. The van der Waals surface area contributed by atoms with Gasteiger partial charge in [0.1, 0.15) is 5.75 Å². The van der Waals surface area contributed by atoms with E-state index in [1.165, 1.54) is 6.07 Å². The van der Waals surface area contributed by atoms with Gasteiger partial charge >= 0.3 is 0 Å². The highest BCUT2D eigenvalue weighted by Gasteiger charge is 2.15. The predicted molar refractivity (Wildman–Crippen MR) is 76.3 cm³/mol. The molecule has 4 heteroatoms. The molecule has 0 aliphatic heterocycles. The van der Waals surface area contributed by atoms with Crippen LogP contribution in [0.5, 0.6) is 11.5 Å². The second-order valence-corrected chi connectivity index (χ2v) is 5.03. The molecule has 0 aliphatic rings. The Bertz CT molecular complexity index is 555. The minimum atomic E-state index is -0.780. The van der Waals surface area contributed by atoms with Crippen molar-refractivity contribution in [3.05, 3.63) is 57.4 Å². The Morgan fingerprint density at radius 3 is 2.56 bits per heavy atom. The van der Waals surface area contributed by atoms with Gasteiger partial charge in [-0.05, 0) is 47.7 Å². The van der Waals surface area contributed by atoms with Crippen molar-refractivity contribution in [3.63, 3.8) is 0 Å². The average molecular weight is 358 g/mol. The number of hydrogen-bond acceptors (Lipinski definition) is 2. The molecular weight excluding hydrogens is 346 g/mol. The van der Waals surface area contributed by atoms with Crippen LogP contribution in [0, 0.1) is 9.39 Å². The normalized spacial score (nSPS) is 12.2. The van der Waals surface area contributed by atoms with Gasteiger partial charge in [-0.3, -0.25) is 0 Å². The molecule has 2 aromatic rings. The molecule has 0 fully saturated rings. The van der Waals surface area contributed by atoms with Gasteiger partial charge in [0, 0.05) is 5.56 Å². The van der Waals surface area contributed by atoms with Crippen LogP contribution in [0.15, 0.2) is 42.5 Å². The van der Waals surface area contributed by atoms with E-state index in [1.54, 1.807) is 25.1 Å². The van der Waals surface area contributed by atoms with Crippen LogP contribution >= 0.6 is 22.6 Å². The van der Waals surface area contributed by atoms with E-state index >= 15 is 0 Å². The molecule has 0 amide bonds. The summed E-state index contributed by atoms with van der Waals surface area (Å²) in [6.07, 6.45) is -0.780. The minimum absolute atomic E-state index is 0.0802. The molecule has 0 saturated heterocycles. The van der Waals surface area contributed by atoms with Crippen molar-refractivity contribution in [1.29, 1.82) is 0 Å². The van der Waals surface area contributed by atoms with Gasteiger partial charge in [0.05, 0.1) is 9.67 Å². The van der Waals surface area contributed by atoms with Crippen molar-refractivity contribution in [2.45, 2.75) is 13.0 Å². The van der Waals surface area contributed by atoms with Gasteiger partial charge in [0.15, 0.2) is 11.6 Å². The van der Waals surface area contributed by atoms with Gasteiger partial charge in [-0.25, -0.2) is 4.39 Å². The summed E-state index contributed by atoms with van der Waals surface area (Å²) in [5.41, 5.74) is 0.439. The van der Waals surface area contributed by atoms with E-state index in [-0.39, 0.29) is 5.75 Å². The summed E-state index contributed by atoms with van der Waals surface area (Å²) >= 11 is 2.12. The standard InChI is InChI=1S/C14H12FIO2/c1-9(17)10-5-4-6-11(15)14(10)18-13-8-3-2-7-12(13)16/h2-9,17H,1H3/t9-/m0/s1. The maximum atomic E-state index is 13.8. The largest absolute Gasteiger partial charge is 0.453 e. The highest BCUT2D eigenvalue weighted by molar-refractivity contribution is 14.1. The van der Waals surface area contributed by atoms with Crippen LogP contribution in [-0.4, -0.2) is 5.11 Å². The van der Waals surface area contributed by atoms with Crippen LogP contribution in [0.4, 0.5) is 4.39 Å². The fourth-order valence-corrected chi connectivity index (χ4v) is 2.10. The van der Waals surface area contributed by atoms with Crippen LogP contribution in [0.1, 0.15) is 18.6 Å². The molecule has 94 valence electrons. The SMILES string of the molecule is C[C@H](O)c1cccc(F)c1Oc1ccccc1I. The fraction of sp³-hybridized carbons (Fsp3) is 0.143. The number of rotatable bonds is 3. The van der Waals surface area contributed by atoms with Crippen molar-refractivity contribution < 1.29 is 14.2 Å². The summed E-state index contributed by atoms with van der Waals surface area (Å²) in [5, 5.41) is 9.63. The van der Waals surface area contributed by atoms with Crippen molar-refractivity contribution in [2.24, 2.45) is 0 Å². The van der Waals surface area contributed by atoms with Crippen LogP contribution < -0.4 is 4.74 Å². The maximum absolute atomic E-state index is 13.8. The quantitative estimate of drug-likeness (QED) is 0.831. The molecule has 0 unspecified atom stereocenters. The van der Waals surface area contributed by atoms with Crippen molar-refractivity contribution in [1.82, 2.24) is 0 Å². The van der Waals surface area contributed by atoms with Crippen LogP contribution in [0.3, 0.4) is 0 Å². The Morgan fingerprint density at radius 2 is 1.89 bits per heavy atom. The molecule has 0 saturated carbocycles. The summed E-state index contributed by atoms with van der Waals surface area (Å²) in [7, 11) is 0. The summed E-state index contributed by atoms with van der Waals surface area (Å²) in [6.45, 7) is 1.58. The zero-order chi connectivity index (χ0) is 13.1. The molecular formula is C14H12FIO2. The topological polar surface area (TPSA) is 29.5 Å². The van der Waals surface area contributed by atoms with Crippen molar-refractivity contribution in [2.75, 3.05) is 0 Å².